The first-order chi connectivity index (χ1) is 58.0. The fourth-order valence-electron chi connectivity index (χ4n) is 18.0. The summed E-state index contributed by atoms with van der Waals surface area (Å²) in [5, 5.41) is 48.9. The van der Waals surface area contributed by atoms with E-state index in [0.29, 0.717) is 111 Å². The highest BCUT2D eigenvalue weighted by molar-refractivity contribution is 5.98. The van der Waals surface area contributed by atoms with E-state index in [0.717, 1.165) is 264 Å². The monoisotopic (exact) mass is 1680 g/mol. The smallest absolute Gasteiger partial charge is 0.308 e. The molecule has 25 heteroatoms. The topological polar surface area (TPSA) is 310 Å². The van der Waals surface area contributed by atoms with Crippen molar-refractivity contribution < 1.29 is 77.2 Å². The highest BCUT2D eigenvalue weighted by Crippen LogP contribution is 2.41. The van der Waals surface area contributed by atoms with Crippen molar-refractivity contribution >= 4 is 35.5 Å². The van der Waals surface area contributed by atoms with Crippen LogP contribution in [0.2, 0.25) is 0 Å². The number of nitrogens with zero attached hydrogens (tertiary/aromatic N) is 3. The quantitative estimate of drug-likeness (QED) is 0.0238. The molecule has 674 valence electrons. The SMILES string of the molecule is CCc1ccc(C(=O)N(C[C@@H]2CNC[C@@H]2CNC2CC2)C(C)C)cc1OCCCOC.CCc1ccc(C(=O)NC(C)C)c(C[C@@H]2CNC[C@H]2CN(C(=O)C2CCC(O)CC2)C2CC2)c1OCCCOC.CCc1ccc(C(=O)NC(C)C)c(C[C@@H]2CNC[C@H]2CN(C(=O)C2CCC(O)CC2)C2CC2)c1OCCCOC.O=C(O)[C@H]1CCCOC1. The van der Waals surface area contributed by atoms with Crippen LogP contribution in [0, 0.1) is 53.3 Å². The molecule has 0 spiro atoms. The molecule has 3 aromatic carbocycles. The number of aryl methyl sites for hydroxylation is 3. The van der Waals surface area contributed by atoms with Crippen molar-refractivity contribution in [1.29, 1.82) is 0 Å². The van der Waals surface area contributed by atoms with E-state index in [-0.39, 0.29) is 77.6 Å². The Balaban J connectivity index is 0.000000195. The van der Waals surface area contributed by atoms with Gasteiger partial charge in [-0.15, -0.1) is 0 Å². The Bertz CT molecular complexity index is 3470. The van der Waals surface area contributed by atoms with Crippen molar-refractivity contribution in [3.63, 3.8) is 0 Å². The van der Waals surface area contributed by atoms with Crippen LogP contribution in [-0.4, -0.2) is 254 Å². The Morgan fingerprint density at radius 3 is 1.30 bits per heavy atom. The van der Waals surface area contributed by atoms with Crippen LogP contribution in [0.25, 0.3) is 0 Å². The predicted octanol–water partition coefficient (Wildman–Crippen LogP) is 11.0. The van der Waals surface area contributed by atoms with Gasteiger partial charge in [-0.1, -0.05) is 39.0 Å². The molecule has 0 radical (unpaired) electrons. The summed E-state index contributed by atoms with van der Waals surface area (Å²) in [5.74, 6) is 4.42. The number of aliphatic hydroxyl groups is 2. The Labute approximate surface area is 717 Å². The van der Waals surface area contributed by atoms with Gasteiger partial charge in [-0.05, 0) is 292 Å². The first-order valence-electron chi connectivity index (χ1n) is 46.3. The molecule has 5 saturated carbocycles. The largest absolute Gasteiger partial charge is 0.493 e. The molecule has 4 saturated heterocycles. The van der Waals surface area contributed by atoms with E-state index < -0.39 is 5.97 Å². The molecule has 5 amide bonds. The van der Waals surface area contributed by atoms with Gasteiger partial charge in [0.05, 0.1) is 44.6 Å². The van der Waals surface area contributed by atoms with Crippen molar-refractivity contribution in [2.24, 2.45) is 53.3 Å². The number of methoxy groups -OCH3 is 3. The van der Waals surface area contributed by atoms with E-state index >= 15 is 0 Å². The highest BCUT2D eigenvalue weighted by atomic mass is 16.5. The number of ether oxygens (including phenoxy) is 7. The molecule has 5 aliphatic carbocycles. The maximum Gasteiger partial charge on any atom is 0.308 e. The van der Waals surface area contributed by atoms with Crippen molar-refractivity contribution in [2.45, 2.75) is 265 Å². The molecule has 3 aromatic rings. The van der Waals surface area contributed by atoms with Crippen LogP contribution in [-0.2, 0) is 65.4 Å². The highest BCUT2D eigenvalue weighted by Gasteiger charge is 2.44. The summed E-state index contributed by atoms with van der Waals surface area (Å²) in [6, 6.07) is 15.6. The Morgan fingerprint density at radius 2 is 0.917 bits per heavy atom. The normalized spacial score (nSPS) is 24.0. The van der Waals surface area contributed by atoms with Crippen molar-refractivity contribution in [3.8, 4) is 17.2 Å². The van der Waals surface area contributed by atoms with Crippen LogP contribution in [0.3, 0.4) is 0 Å². The third kappa shape index (κ3) is 30.1. The van der Waals surface area contributed by atoms with E-state index in [1.165, 1.54) is 12.8 Å². The number of hydrogen-bond donors (Lipinski definition) is 9. The number of rotatable bonds is 42. The van der Waals surface area contributed by atoms with Crippen LogP contribution in [0.15, 0.2) is 42.5 Å². The fraction of sp³-hybridized carbons (Fsp3) is 0.747. The molecule has 9 aliphatic rings. The molecule has 12 rings (SSSR count). The van der Waals surface area contributed by atoms with Crippen molar-refractivity contribution in [3.05, 3.63) is 87.0 Å². The Morgan fingerprint density at radius 1 is 0.492 bits per heavy atom. The van der Waals surface area contributed by atoms with E-state index in [4.69, 9.17) is 38.3 Å². The molecule has 0 bridgehead atoms. The molecule has 0 unspecified atom stereocenters. The van der Waals surface area contributed by atoms with Gasteiger partial charge >= 0.3 is 5.97 Å². The van der Waals surface area contributed by atoms with Gasteiger partial charge in [-0.2, -0.15) is 0 Å². The minimum Gasteiger partial charge on any atom is -0.493 e. The lowest BCUT2D eigenvalue weighted by molar-refractivity contribution is -0.146. The van der Waals surface area contributed by atoms with Gasteiger partial charge in [0, 0.05) is 169 Å². The fourth-order valence-corrected chi connectivity index (χ4v) is 18.0. The molecule has 25 nitrogen and oxygen atoms in total. The predicted molar refractivity (Wildman–Crippen MR) is 469 cm³/mol. The number of carboxylic acids is 1. The number of amides is 5. The second-order valence-corrected chi connectivity index (χ2v) is 36.3. The van der Waals surface area contributed by atoms with Crippen LogP contribution in [0.4, 0.5) is 0 Å². The Kier molecular flexibility index (Phi) is 40.9. The number of nitrogens with one attached hydrogen (secondary N) is 6. The average Bonchev–Trinajstić information content (AvgIpc) is 1.50. The zero-order valence-corrected chi connectivity index (χ0v) is 75.0. The van der Waals surface area contributed by atoms with Gasteiger partial charge in [-0.25, -0.2) is 0 Å². The molecular formula is C95H153N9O16. The minimum atomic E-state index is -0.727. The van der Waals surface area contributed by atoms with Crippen LogP contribution < -0.4 is 46.1 Å². The lowest BCUT2D eigenvalue weighted by Crippen LogP contribution is -2.43. The number of carbonyl (C=O) groups excluding carboxylic acids is 5. The number of carbonyl (C=O) groups is 6. The summed E-state index contributed by atoms with van der Waals surface area (Å²) >= 11 is 0. The zero-order chi connectivity index (χ0) is 86.2. The lowest BCUT2D eigenvalue weighted by atomic mass is 9.84. The summed E-state index contributed by atoms with van der Waals surface area (Å²) in [4.78, 5) is 84.1. The molecule has 4 heterocycles. The maximum atomic E-state index is 13.6. The van der Waals surface area contributed by atoms with Crippen LogP contribution >= 0.6 is 0 Å². The molecule has 9 N–H and O–H groups in total. The van der Waals surface area contributed by atoms with Crippen molar-refractivity contribution in [2.75, 3.05) is 140 Å². The second-order valence-electron chi connectivity index (χ2n) is 36.3. The summed E-state index contributed by atoms with van der Waals surface area (Å²) in [7, 11) is 5.09. The van der Waals surface area contributed by atoms with Crippen LogP contribution in [0.5, 0.6) is 17.2 Å². The molecule has 9 fully saturated rings. The number of aliphatic hydroxyl groups excluding tert-OH is 2. The number of carboxylic acid groups (broad SMARTS) is 1. The molecular weight excluding hydrogens is 1520 g/mol. The summed E-state index contributed by atoms with van der Waals surface area (Å²) in [6.07, 6.45) is 20.6. The first kappa shape index (κ1) is 97.3. The van der Waals surface area contributed by atoms with E-state index in [1.807, 2.05) is 75.1 Å². The van der Waals surface area contributed by atoms with E-state index in [2.05, 4.69) is 76.3 Å². The maximum absolute atomic E-state index is 13.6. The summed E-state index contributed by atoms with van der Waals surface area (Å²) in [6.45, 7) is 32.1. The molecule has 7 atom stereocenters. The number of benzene rings is 3. The van der Waals surface area contributed by atoms with Crippen molar-refractivity contribution in [1.82, 2.24) is 46.6 Å². The van der Waals surface area contributed by atoms with E-state index in [9.17, 15) is 39.0 Å². The first-order valence-corrected chi connectivity index (χ1v) is 46.3. The zero-order valence-electron chi connectivity index (χ0n) is 75.0. The van der Waals surface area contributed by atoms with Gasteiger partial charge in [-0.3, -0.25) is 28.8 Å². The molecule has 120 heavy (non-hydrogen) atoms. The summed E-state index contributed by atoms with van der Waals surface area (Å²) < 4.78 is 39.3. The number of aliphatic carboxylic acids is 1. The van der Waals surface area contributed by atoms with Crippen LogP contribution in [0.1, 0.15) is 243 Å². The average molecular weight is 1680 g/mol. The Hall–Kier alpha value is -6.52. The minimum absolute atomic E-state index is 0.0384. The lowest BCUT2D eigenvalue weighted by Gasteiger charge is -2.34. The van der Waals surface area contributed by atoms with Gasteiger partial charge in [0.2, 0.25) is 11.8 Å². The third-order valence-corrected chi connectivity index (χ3v) is 25.6. The van der Waals surface area contributed by atoms with E-state index in [1.54, 1.807) is 21.3 Å². The van der Waals surface area contributed by atoms with Gasteiger partial charge in [0.25, 0.3) is 17.7 Å². The molecule has 0 aromatic heterocycles. The third-order valence-electron chi connectivity index (χ3n) is 25.6. The second kappa shape index (κ2) is 50.4. The standard InChI is InChI=1S/2C32H51N3O5.C25H41N3O3.C6H10O3/c2*1-5-22-9-14-28(31(37)34-21(2)3)29(30(22)40-16-6-15-39-4)17-24-18-33-19-25(24)20-35(26-10-11-26)32(38)23-7-12-27(36)13-8-23;1-5-19-7-8-20(13-24(19)31-12-6-11-30-4)25(29)28(18(2)3)17-22-15-26-14-21(22)16-27-23-9-10-23;7-6(8)5-2-1-3-9-4-5/h2*9,14,21,23-27,33,36H,5-8,10-13,15-20H2,1-4H3,(H,34,37);7-8,13,18,21-23,26-27H,5-6,9-12,14-17H2,1-4H3;5H,1-4H2,(H,7,8)/t2*23?,24-,25+,27?;21-,22+;5-/m1110/s1. The van der Waals surface area contributed by atoms with Gasteiger partial charge in [0.1, 0.15) is 17.2 Å². The summed E-state index contributed by atoms with van der Waals surface area (Å²) in [5.41, 5.74) is 7.43. The van der Waals surface area contributed by atoms with Gasteiger partial charge < -0.3 is 95.1 Å². The van der Waals surface area contributed by atoms with Gasteiger partial charge in [0.15, 0.2) is 0 Å². The number of hydrogen-bond acceptors (Lipinski definition) is 19. The molecule has 4 aliphatic heterocycles.